The summed E-state index contributed by atoms with van der Waals surface area (Å²) in [5, 5.41) is 0. The molecule has 0 heterocycles. The van der Waals surface area contributed by atoms with E-state index in [2.05, 4.69) is 31.2 Å². The van der Waals surface area contributed by atoms with Crippen LogP contribution in [-0.2, 0) is 0 Å². The highest BCUT2D eigenvalue weighted by atomic mass is 19.1. The predicted molar refractivity (Wildman–Crippen MR) is 109 cm³/mol. The molecule has 26 heavy (non-hydrogen) atoms. The van der Waals surface area contributed by atoms with Gasteiger partial charge in [0.15, 0.2) is 0 Å². The molecule has 0 saturated heterocycles. The molecular weight excluding hydrogens is 319 g/mol. The summed E-state index contributed by atoms with van der Waals surface area (Å²) in [5.74, 6) is 0.661. The quantitative estimate of drug-likeness (QED) is 0.450. The highest BCUT2D eigenvalue weighted by molar-refractivity contribution is 5.62. The largest absolute Gasteiger partial charge is 0.207 e. The van der Waals surface area contributed by atoms with E-state index in [1.807, 2.05) is 30.3 Å². The van der Waals surface area contributed by atoms with Crippen LogP contribution in [0.25, 0.3) is 11.1 Å². The second kappa shape index (κ2) is 9.33. The van der Waals surface area contributed by atoms with Crippen LogP contribution in [-0.4, -0.2) is 0 Å². The molecule has 0 radical (unpaired) electrons. The van der Waals surface area contributed by atoms with Crippen LogP contribution >= 0.6 is 0 Å². The lowest BCUT2D eigenvalue weighted by molar-refractivity contribution is 0.443. The van der Waals surface area contributed by atoms with Gasteiger partial charge in [0, 0.05) is 0 Å². The zero-order chi connectivity index (χ0) is 18.2. The molecule has 134 valence electrons. The number of halogens is 1. The molecule has 1 saturated carbocycles. The van der Waals surface area contributed by atoms with Crippen molar-refractivity contribution >= 4 is 0 Å². The Hall–Kier alpha value is -2.41. The summed E-state index contributed by atoms with van der Waals surface area (Å²) in [6.45, 7) is 2.16. The molecule has 1 heteroatoms. The van der Waals surface area contributed by atoms with E-state index in [0.717, 1.165) is 17.0 Å². The Kier molecular flexibility index (Phi) is 6.60. The second-order valence-electron chi connectivity index (χ2n) is 7.12. The van der Waals surface area contributed by atoms with Gasteiger partial charge < -0.3 is 0 Å². The molecule has 0 atom stereocenters. The van der Waals surface area contributed by atoms with Crippen LogP contribution in [0.5, 0.6) is 0 Å². The molecule has 0 unspecified atom stereocenters. The van der Waals surface area contributed by atoms with Crippen molar-refractivity contribution in [1.82, 2.24) is 0 Å². The van der Waals surface area contributed by atoms with E-state index in [0.29, 0.717) is 0 Å². The highest BCUT2D eigenvalue weighted by Gasteiger charge is 2.14. The Balaban J connectivity index is 0.000000151. The van der Waals surface area contributed by atoms with Crippen LogP contribution in [0.2, 0.25) is 0 Å². The van der Waals surface area contributed by atoms with Crippen molar-refractivity contribution in [2.45, 2.75) is 44.9 Å². The van der Waals surface area contributed by atoms with Gasteiger partial charge in [0.25, 0.3) is 0 Å². The van der Waals surface area contributed by atoms with Crippen molar-refractivity contribution in [1.29, 1.82) is 0 Å². The lowest BCUT2D eigenvalue weighted by atomic mass is 9.84. The molecule has 0 aliphatic heterocycles. The summed E-state index contributed by atoms with van der Waals surface area (Å²) >= 11 is 0. The monoisotopic (exact) mass is 346 g/mol. The molecule has 1 aliphatic rings. The molecular formula is C25H27F. The first-order chi connectivity index (χ1) is 12.7. The Labute approximate surface area is 156 Å². The molecule has 4 rings (SSSR count). The zero-order valence-electron chi connectivity index (χ0n) is 15.5. The third-order valence-corrected chi connectivity index (χ3v) is 5.11. The van der Waals surface area contributed by atoms with Gasteiger partial charge in [-0.25, -0.2) is 4.39 Å². The first-order valence-corrected chi connectivity index (χ1v) is 9.60. The number of benzene rings is 3. The normalized spacial score (nSPS) is 14.4. The van der Waals surface area contributed by atoms with Gasteiger partial charge in [0.05, 0.1) is 0 Å². The molecule has 0 amide bonds. The number of aryl methyl sites for hydroxylation is 1. The van der Waals surface area contributed by atoms with Crippen LogP contribution in [0.1, 0.15) is 49.1 Å². The van der Waals surface area contributed by atoms with Crippen LogP contribution < -0.4 is 0 Å². The first kappa shape index (κ1) is 18.4. The molecule has 0 N–H and O–H groups in total. The van der Waals surface area contributed by atoms with Crippen LogP contribution in [0.4, 0.5) is 4.39 Å². The highest BCUT2D eigenvalue weighted by Crippen LogP contribution is 2.32. The standard InChI is InChI=1S/C13H18.C12H9F/c1-11-7-9-13(10-8-11)12-5-3-2-4-6-12;13-12-8-6-11(7-9-12)10-4-2-1-3-5-10/h7-10,12H,2-6H2,1H3;1-9H. The van der Waals surface area contributed by atoms with E-state index in [-0.39, 0.29) is 5.82 Å². The maximum absolute atomic E-state index is 12.6. The summed E-state index contributed by atoms with van der Waals surface area (Å²) in [6.07, 6.45) is 7.12. The summed E-state index contributed by atoms with van der Waals surface area (Å²) in [5.41, 5.74) is 5.09. The predicted octanol–water partition coefficient (Wildman–Crippen LogP) is 7.54. The third kappa shape index (κ3) is 5.29. The zero-order valence-corrected chi connectivity index (χ0v) is 15.5. The summed E-state index contributed by atoms with van der Waals surface area (Å²) in [7, 11) is 0. The molecule has 0 aromatic heterocycles. The Morgan fingerprint density at radius 1 is 0.654 bits per heavy atom. The Morgan fingerprint density at radius 3 is 1.85 bits per heavy atom. The summed E-state index contributed by atoms with van der Waals surface area (Å²) in [4.78, 5) is 0. The van der Waals surface area contributed by atoms with Crippen molar-refractivity contribution in [2.75, 3.05) is 0 Å². The average molecular weight is 346 g/mol. The fourth-order valence-corrected chi connectivity index (χ4v) is 3.55. The maximum Gasteiger partial charge on any atom is 0.123 e. The minimum Gasteiger partial charge on any atom is -0.207 e. The smallest absolute Gasteiger partial charge is 0.123 e. The minimum absolute atomic E-state index is 0.195. The van der Waals surface area contributed by atoms with Crippen molar-refractivity contribution in [3.63, 3.8) is 0 Å². The fraction of sp³-hybridized carbons (Fsp3) is 0.280. The van der Waals surface area contributed by atoms with Crippen LogP contribution in [0.3, 0.4) is 0 Å². The van der Waals surface area contributed by atoms with Crippen molar-refractivity contribution in [2.24, 2.45) is 0 Å². The second-order valence-corrected chi connectivity index (χ2v) is 7.12. The van der Waals surface area contributed by atoms with Gasteiger partial charge >= 0.3 is 0 Å². The summed E-state index contributed by atoms with van der Waals surface area (Å²) in [6, 6.07) is 25.5. The van der Waals surface area contributed by atoms with E-state index in [1.165, 1.54) is 49.8 Å². The van der Waals surface area contributed by atoms with Gasteiger partial charge in [-0.2, -0.15) is 0 Å². The van der Waals surface area contributed by atoms with Gasteiger partial charge in [0.1, 0.15) is 5.82 Å². The molecule has 0 bridgehead atoms. The molecule has 1 aliphatic carbocycles. The van der Waals surface area contributed by atoms with E-state index in [4.69, 9.17) is 0 Å². The minimum atomic E-state index is -0.195. The van der Waals surface area contributed by atoms with Crippen molar-refractivity contribution in [3.8, 4) is 11.1 Å². The van der Waals surface area contributed by atoms with Gasteiger partial charge in [0.2, 0.25) is 0 Å². The van der Waals surface area contributed by atoms with Gasteiger partial charge in [-0.05, 0) is 54.5 Å². The fourth-order valence-electron chi connectivity index (χ4n) is 3.55. The third-order valence-electron chi connectivity index (χ3n) is 5.11. The van der Waals surface area contributed by atoms with E-state index >= 15 is 0 Å². The Bertz CT molecular complexity index is 767. The molecule has 3 aromatic carbocycles. The molecule has 0 spiro atoms. The molecule has 0 nitrogen and oxygen atoms in total. The number of hydrogen-bond donors (Lipinski definition) is 0. The van der Waals surface area contributed by atoms with Crippen molar-refractivity contribution < 1.29 is 4.39 Å². The number of rotatable bonds is 2. The maximum atomic E-state index is 12.6. The van der Waals surface area contributed by atoms with Gasteiger partial charge in [-0.1, -0.05) is 91.6 Å². The SMILES string of the molecule is Cc1ccc(C2CCCCC2)cc1.Fc1ccc(-c2ccccc2)cc1. The molecule has 1 fully saturated rings. The molecule has 3 aromatic rings. The van der Waals surface area contributed by atoms with Gasteiger partial charge in [-0.3, -0.25) is 0 Å². The lowest BCUT2D eigenvalue weighted by Gasteiger charge is -2.21. The van der Waals surface area contributed by atoms with E-state index < -0.39 is 0 Å². The topological polar surface area (TPSA) is 0 Å². The van der Waals surface area contributed by atoms with Crippen molar-refractivity contribution in [3.05, 3.63) is 95.8 Å². The van der Waals surface area contributed by atoms with Crippen LogP contribution in [0.15, 0.2) is 78.9 Å². The van der Waals surface area contributed by atoms with Gasteiger partial charge in [-0.15, -0.1) is 0 Å². The first-order valence-electron chi connectivity index (χ1n) is 9.60. The van der Waals surface area contributed by atoms with Crippen LogP contribution in [0, 0.1) is 12.7 Å². The van der Waals surface area contributed by atoms with E-state index in [9.17, 15) is 4.39 Å². The number of hydrogen-bond acceptors (Lipinski definition) is 0. The average Bonchev–Trinajstić information content (AvgIpc) is 2.71. The lowest BCUT2D eigenvalue weighted by Crippen LogP contribution is -2.04. The Morgan fingerprint density at radius 2 is 1.23 bits per heavy atom. The van der Waals surface area contributed by atoms with E-state index in [1.54, 1.807) is 17.7 Å². The summed E-state index contributed by atoms with van der Waals surface area (Å²) < 4.78 is 12.6.